The molecule has 0 spiro atoms. The summed E-state index contributed by atoms with van der Waals surface area (Å²) in [6.07, 6.45) is 1.56. The monoisotopic (exact) mass is 232 g/mol. The Kier molecular flexibility index (Phi) is 2.88. The molecule has 0 atom stereocenters. The lowest BCUT2D eigenvalue weighted by Crippen LogP contribution is -2.19. The van der Waals surface area contributed by atoms with Crippen LogP contribution in [0.5, 0.6) is 0 Å². The molecule has 2 rings (SSSR count). The molecule has 0 aliphatic heterocycles. The molecule has 1 heterocycles. The lowest BCUT2D eigenvalue weighted by molar-refractivity contribution is -0.383. The average molecular weight is 232 g/mol. The van der Waals surface area contributed by atoms with Gasteiger partial charge in [0.2, 0.25) is 0 Å². The normalized spacial score (nSPS) is 10.8. The van der Waals surface area contributed by atoms with Gasteiger partial charge in [0.15, 0.2) is 0 Å². The van der Waals surface area contributed by atoms with Crippen molar-refractivity contribution < 1.29 is 4.92 Å². The van der Waals surface area contributed by atoms with E-state index in [2.05, 4.69) is 10.4 Å². The van der Waals surface area contributed by atoms with E-state index < -0.39 is 4.92 Å². The van der Waals surface area contributed by atoms with E-state index in [0.717, 1.165) is 11.1 Å². The van der Waals surface area contributed by atoms with Crippen LogP contribution >= 0.6 is 0 Å². The summed E-state index contributed by atoms with van der Waals surface area (Å²) in [7, 11) is 3.70. The van der Waals surface area contributed by atoms with Crippen molar-refractivity contribution in [2.24, 2.45) is 0 Å². The fraction of sp³-hybridized carbons (Fsp3) is 0.182. The molecule has 6 heteroatoms. The maximum absolute atomic E-state index is 10.9. The first kappa shape index (κ1) is 11.3. The van der Waals surface area contributed by atoms with Gasteiger partial charge in [-0.1, -0.05) is 12.1 Å². The van der Waals surface area contributed by atoms with Crippen LogP contribution in [0.1, 0.15) is 0 Å². The van der Waals surface area contributed by atoms with E-state index in [1.165, 1.54) is 6.07 Å². The number of hydrogen-bond acceptors (Lipinski definition) is 5. The van der Waals surface area contributed by atoms with Gasteiger partial charge in [0.1, 0.15) is 5.52 Å². The van der Waals surface area contributed by atoms with E-state index in [0.29, 0.717) is 5.52 Å². The number of non-ortho nitro benzene ring substituents is 1. The number of nitrogens with one attached hydrogen (secondary N) is 1. The van der Waals surface area contributed by atoms with Gasteiger partial charge in [0.05, 0.1) is 10.6 Å². The van der Waals surface area contributed by atoms with Gasteiger partial charge in [-0.25, -0.2) is 9.99 Å². The molecule has 1 aromatic heterocycles. The maximum atomic E-state index is 10.9. The van der Waals surface area contributed by atoms with Gasteiger partial charge in [-0.15, -0.1) is 0 Å². The molecular formula is C11H12N4O2. The summed E-state index contributed by atoms with van der Waals surface area (Å²) >= 11 is 0. The summed E-state index contributed by atoms with van der Waals surface area (Å²) in [6, 6.07) is 6.70. The molecule has 2 aromatic rings. The maximum Gasteiger partial charge on any atom is 0.295 e. The number of pyridine rings is 1. The van der Waals surface area contributed by atoms with Crippen molar-refractivity contribution >= 4 is 22.3 Å². The number of nitro benzene ring substituents is 1. The second kappa shape index (κ2) is 4.34. The zero-order valence-electron chi connectivity index (χ0n) is 9.54. The topological polar surface area (TPSA) is 71.3 Å². The van der Waals surface area contributed by atoms with Crippen molar-refractivity contribution in [3.05, 3.63) is 40.6 Å². The molecule has 0 radical (unpaired) electrons. The number of nitrogens with zero attached hydrogens (tertiary/aromatic N) is 3. The van der Waals surface area contributed by atoms with E-state index >= 15 is 0 Å². The molecule has 0 amide bonds. The van der Waals surface area contributed by atoms with E-state index in [-0.39, 0.29) is 5.69 Å². The second-order valence-electron chi connectivity index (χ2n) is 3.80. The van der Waals surface area contributed by atoms with Gasteiger partial charge >= 0.3 is 0 Å². The van der Waals surface area contributed by atoms with E-state index in [4.69, 9.17) is 0 Å². The highest BCUT2D eigenvalue weighted by molar-refractivity contribution is 5.96. The SMILES string of the molecule is CN(C)Nc1ccnc2c([N+](=O)[O-])cccc12. The van der Waals surface area contributed by atoms with Gasteiger partial charge < -0.3 is 5.43 Å². The van der Waals surface area contributed by atoms with Crippen LogP contribution < -0.4 is 5.43 Å². The van der Waals surface area contributed by atoms with Crippen LogP contribution in [0.3, 0.4) is 0 Å². The van der Waals surface area contributed by atoms with Crippen LogP contribution in [0.2, 0.25) is 0 Å². The second-order valence-corrected chi connectivity index (χ2v) is 3.80. The first-order valence-corrected chi connectivity index (χ1v) is 5.05. The molecule has 0 unspecified atom stereocenters. The lowest BCUT2D eigenvalue weighted by atomic mass is 10.1. The lowest BCUT2D eigenvalue weighted by Gasteiger charge is -2.14. The summed E-state index contributed by atoms with van der Waals surface area (Å²) in [6.45, 7) is 0. The van der Waals surface area contributed by atoms with Crippen LogP contribution in [-0.4, -0.2) is 29.0 Å². The minimum absolute atomic E-state index is 0.0184. The number of anilines is 1. The molecule has 1 N–H and O–H groups in total. The van der Waals surface area contributed by atoms with E-state index in [1.807, 2.05) is 14.1 Å². The summed E-state index contributed by atoms with van der Waals surface area (Å²) in [5.41, 5.74) is 4.29. The third-order valence-corrected chi connectivity index (χ3v) is 2.29. The molecule has 0 aliphatic rings. The first-order chi connectivity index (χ1) is 8.09. The number of aromatic nitrogens is 1. The Bertz CT molecular complexity index is 568. The van der Waals surface area contributed by atoms with Crippen LogP contribution in [0.25, 0.3) is 10.9 Å². The van der Waals surface area contributed by atoms with Crippen LogP contribution in [0.4, 0.5) is 11.4 Å². The summed E-state index contributed by atoms with van der Waals surface area (Å²) in [5, 5.41) is 13.4. The van der Waals surface area contributed by atoms with Gasteiger partial charge in [-0.2, -0.15) is 0 Å². The molecular weight excluding hydrogens is 220 g/mol. The first-order valence-electron chi connectivity index (χ1n) is 5.05. The fourth-order valence-corrected chi connectivity index (χ4v) is 1.65. The van der Waals surface area contributed by atoms with Crippen LogP contribution in [0, 0.1) is 10.1 Å². The molecule has 0 fully saturated rings. The highest BCUT2D eigenvalue weighted by atomic mass is 16.6. The number of fused-ring (bicyclic) bond motifs is 1. The Labute approximate surface area is 98.0 Å². The zero-order valence-corrected chi connectivity index (χ0v) is 9.54. The summed E-state index contributed by atoms with van der Waals surface area (Å²) in [4.78, 5) is 14.5. The van der Waals surface area contributed by atoms with Gasteiger partial charge in [-0.3, -0.25) is 10.1 Å². The van der Waals surface area contributed by atoms with Crippen LogP contribution in [0.15, 0.2) is 30.5 Å². The molecule has 6 nitrogen and oxygen atoms in total. The molecule has 0 bridgehead atoms. The van der Waals surface area contributed by atoms with Crippen molar-refractivity contribution in [2.75, 3.05) is 19.5 Å². The van der Waals surface area contributed by atoms with E-state index in [1.54, 1.807) is 29.4 Å². The largest absolute Gasteiger partial charge is 0.319 e. The highest BCUT2D eigenvalue weighted by Gasteiger charge is 2.14. The Morgan fingerprint density at radius 3 is 2.76 bits per heavy atom. The Morgan fingerprint density at radius 2 is 2.12 bits per heavy atom. The Hall–Kier alpha value is -2.21. The smallest absolute Gasteiger partial charge is 0.295 e. The van der Waals surface area contributed by atoms with Gasteiger partial charge in [-0.05, 0) is 6.07 Å². The molecule has 1 aromatic carbocycles. The molecule has 88 valence electrons. The number of benzene rings is 1. The van der Waals surface area contributed by atoms with Gasteiger partial charge in [0.25, 0.3) is 5.69 Å². The molecule has 0 aliphatic carbocycles. The number of para-hydroxylation sites is 1. The number of hydrogen-bond donors (Lipinski definition) is 1. The fourth-order valence-electron chi connectivity index (χ4n) is 1.65. The minimum Gasteiger partial charge on any atom is -0.319 e. The molecule has 0 saturated heterocycles. The minimum atomic E-state index is -0.422. The number of rotatable bonds is 3. The third kappa shape index (κ3) is 2.16. The Morgan fingerprint density at radius 1 is 1.35 bits per heavy atom. The van der Waals surface area contributed by atoms with Crippen molar-refractivity contribution in [3.63, 3.8) is 0 Å². The highest BCUT2D eigenvalue weighted by Crippen LogP contribution is 2.28. The Balaban J connectivity index is 2.65. The van der Waals surface area contributed by atoms with E-state index in [9.17, 15) is 10.1 Å². The zero-order chi connectivity index (χ0) is 12.4. The molecule has 17 heavy (non-hydrogen) atoms. The van der Waals surface area contributed by atoms with Crippen molar-refractivity contribution in [3.8, 4) is 0 Å². The van der Waals surface area contributed by atoms with Crippen molar-refractivity contribution in [1.29, 1.82) is 0 Å². The van der Waals surface area contributed by atoms with Gasteiger partial charge in [0, 0.05) is 31.7 Å². The standard InChI is InChI=1S/C11H12N4O2/c1-14(2)13-9-6-7-12-11-8(9)4-3-5-10(11)15(16)17/h3-7H,1-2H3,(H,12,13). The quantitative estimate of drug-likeness (QED) is 0.647. The molecule has 0 saturated carbocycles. The number of hydrazine groups is 1. The average Bonchev–Trinajstić information content (AvgIpc) is 2.28. The number of nitro groups is 1. The van der Waals surface area contributed by atoms with Crippen LogP contribution in [-0.2, 0) is 0 Å². The van der Waals surface area contributed by atoms with Crippen molar-refractivity contribution in [1.82, 2.24) is 9.99 Å². The summed E-state index contributed by atoms with van der Waals surface area (Å²) in [5.74, 6) is 0. The third-order valence-electron chi connectivity index (χ3n) is 2.29. The summed E-state index contributed by atoms with van der Waals surface area (Å²) < 4.78 is 0. The van der Waals surface area contributed by atoms with Crippen molar-refractivity contribution in [2.45, 2.75) is 0 Å². The predicted octanol–water partition coefficient (Wildman–Crippen LogP) is 2.03. The predicted molar refractivity (Wildman–Crippen MR) is 65.7 cm³/mol.